The molecule has 0 radical (unpaired) electrons. The molecular weight excluding hydrogens is 259 g/mol. The van der Waals surface area contributed by atoms with Crippen LogP contribution in [0.5, 0.6) is 0 Å². The van der Waals surface area contributed by atoms with E-state index in [-0.39, 0.29) is 5.69 Å². The monoisotopic (exact) mass is 275 g/mol. The van der Waals surface area contributed by atoms with Crippen molar-refractivity contribution in [2.45, 2.75) is 33.0 Å². The molecular formula is C13H16F3NO2. The molecule has 0 saturated carbocycles. The molecule has 0 bridgehead atoms. The van der Waals surface area contributed by atoms with Crippen LogP contribution >= 0.6 is 0 Å². The molecule has 0 saturated heterocycles. The SMILES string of the molecule is CC(C)(C)[C@H](Nc1cccc(C(F)(F)F)c1)C(=O)O. The Morgan fingerprint density at radius 2 is 1.84 bits per heavy atom. The molecule has 0 fully saturated rings. The highest BCUT2D eigenvalue weighted by Gasteiger charge is 2.33. The van der Waals surface area contributed by atoms with Crippen molar-refractivity contribution in [3.8, 4) is 0 Å². The molecule has 3 nitrogen and oxygen atoms in total. The molecule has 106 valence electrons. The van der Waals surface area contributed by atoms with Gasteiger partial charge in [-0.3, -0.25) is 0 Å². The number of carboxylic acids is 1. The zero-order chi connectivity index (χ0) is 14.8. The zero-order valence-electron chi connectivity index (χ0n) is 10.9. The third-order valence-corrected chi connectivity index (χ3v) is 2.61. The molecule has 0 amide bonds. The summed E-state index contributed by atoms with van der Waals surface area (Å²) in [6.45, 7) is 5.10. The number of rotatable bonds is 3. The van der Waals surface area contributed by atoms with Gasteiger partial charge < -0.3 is 10.4 Å². The molecule has 0 heterocycles. The summed E-state index contributed by atoms with van der Waals surface area (Å²) < 4.78 is 37.7. The van der Waals surface area contributed by atoms with E-state index in [2.05, 4.69) is 5.32 Å². The van der Waals surface area contributed by atoms with E-state index in [1.54, 1.807) is 20.8 Å². The summed E-state index contributed by atoms with van der Waals surface area (Å²) >= 11 is 0. The van der Waals surface area contributed by atoms with E-state index >= 15 is 0 Å². The molecule has 1 aromatic carbocycles. The van der Waals surface area contributed by atoms with Gasteiger partial charge in [0, 0.05) is 5.69 Å². The maximum absolute atomic E-state index is 12.6. The lowest BCUT2D eigenvalue weighted by atomic mass is 9.86. The Bertz CT molecular complexity index is 464. The van der Waals surface area contributed by atoms with Gasteiger partial charge in [0.15, 0.2) is 0 Å². The Morgan fingerprint density at radius 1 is 1.26 bits per heavy atom. The molecule has 6 heteroatoms. The molecule has 0 aliphatic heterocycles. The predicted octanol–water partition coefficient (Wildman–Crippen LogP) is 3.62. The van der Waals surface area contributed by atoms with E-state index in [4.69, 9.17) is 5.11 Å². The maximum atomic E-state index is 12.6. The lowest BCUT2D eigenvalue weighted by molar-refractivity contribution is -0.140. The van der Waals surface area contributed by atoms with Crippen LogP contribution in [0.15, 0.2) is 24.3 Å². The number of carbonyl (C=O) groups is 1. The Morgan fingerprint density at radius 3 is 2.26 bits per heavy atom. The second kappa shape index (κ2) is 5.11. The van der Waals surface area contributed by atoms with E-state index < -0.39 is 29.2 Å². The predicted molar refractivity (Wildman–Crippen MR) is 65.9 cm³/mol. The standard InChI is InChI=1S/C13H16F3NO2/c1-12(2,3)10(11(18)19)17-9-6-4-5-8(7-9)13(14,15)16/h4-7,10,17H,1-3H3,(H,18,19)/t10-/m1/s1. The molecule has 1 rings (SSSR count). The Kier molecular flexibility index (Phi) is 4.12. The number of hydrogen-bond donors (Lipinski definition) is 2. The fourth-order valence-electron chi connectivity index (χ4n) is 1.60. The fraction of sp³-hybridized carbons (Fsp3) is 0.462. The van der Waals surface area contributed by atoms with Crippen LogP contribution in [0.3, 0.4) is 0 Å². The van der Waals surface area contributed by atoms with Crippen LogP contribution in [0, 0.1) is 5.41 Å². The van der Waals surface area contributed by atoms with Crippen molar-refractivity contribution in [1.82, 2.24) is 0 Å². The molecule has 2 N–H and O–H groups in total. The number of carboxylic acid groups (broad SMARTS) is 1. The van der Waals surface area contributed by atoms with E-state index in [1.165, 1.54) is 12.1 Å². The van der Waals surface area contributed by atoms with E-state index in [1.807, 2.05) is 0 Å². The average Bonchev–Trinajstić information content (AvgIpc) is 2.23. The molecule has 1 atom stereocenters. The second-order valence-electron chi connectivity index (χ2n) is 5.36. The minimum Gasteiger partial charge on any atom is -0.480 e. The van der Waals surface area contributed by atoms with Gasteiger partial charge >= 0.3 is 12.1 Å². The van der Waals surface area contributed by atoms with Crippen LogP contribution in [0.1, 0.15) is 26.3 Å². The fourth-order valence-corrected chi connectivity index (χ4v) is 1.60. The van der Waals surface area contributed by atoms with Crippen molar-refractivity contribution in [2.75, 3.05) is 5.32 Å². The van der Waals surface area contributed by atoms with Crippen LogP contribution in [-0.4, -0.2) is 17.1 Å². The number of benzene rings is 1. The van der Waals surface area contributed by atoms with Gasteiger partial charge in [0.25, 0.3) is 0 Å². The highest BCUT2D eigenvalue weighted by molar-refractivity contribution is 5.78. The Hall–Kier alpha value is -1.72. The molecule has 0 aromatic heterocycles. The topological polar surface area (TPSA) is 49.3 Å². The van der Waals surface area contributed by atoms with Crippen LogP contribution < -0.4 is 5.32 Å². The highest BCUT2D eigenvalue weighted by Crippen LogP contribution is 2.31. The number of aliphatic carboxylic acids is 1. The van der Waals surface area contributed by atoms with Crippen LogP contribution in [-0.2, 0) is 11.0 Å². The van der Waals surface area contributed by atoms with Crippen molar-refractivity contribution in [1.29, 1.82) is 0 Å². The first-order chi connectivity index (χ1) is 8.51. The largest absolute Gasteiger partial charge is 0.480 e. The number of alkyl halides is 3. The van der Waals surface area contributed by atoms with Gasteiger partial charge in [-0.15, -0.1) is 0 Å². The van der Waals surface area contributed by atoms with Crippen molar-refractivity contribution >= 4 is 11.7 Å². The third-order valence-electron chi connectivity index (χ3n) is 2.61. The van der Waals surface area contributed by atoms with Crippen molar-refractivity contribution in [2.24, 2.45) is 5.41 Å². The summed E-state index contributed by atoms with van der Waals surface area (Å²) in [6, 6.07) is 3.53. The Balaban J connectivity index is 3.02. The molecule has 19 heavy (non-hydrogen) atoms. The molecule has 0 spiro atoms. The first-order valence-corrected chi connectivity index (χ1v) is 5.68. The van der Waals surface area contributed by atoms with E-state index in [0.29, 0.717) is 0 Å². The number of halogens is 3. The van der Waals surface area contributed by atoms with Crippen molar-refractivity contribution < 1.29 is 23.1 Å². The van der Waals surface area contributed by atoms with Crippen LogP contribution in [0.25, 0.3) is 0 Å². The van der Waals surface area contributed by atoms with E-state index in [0.717, 1.165) is 12.1 Å². The highest BCUT2D eigenvalue weighted by atomic mass is 19.4. The second-order valence-corrected chi connectivity index (χ2v) is 5.36. The number of hydrogen-bond acceptors (Lipinski definition) is 2. The summed E-state index contributed by atoms with van der Waals surface area (Å²) in [5, 5.41) is 11.7. The van der Waals surface area contributed by atoms with Gasteiger partial charge in [-0.05, 0) is 23.6 Å². The minimum atomic E-state index is -4.45. The van der Waals surface area contributed by atoms with Gasteiger partial charge in [0.05, 0.1) is 5.56 Å². The number of nitrogens with one attached hydrogen (secondary N) is 1. The first kappa shape index (κ1) is 15.3. The lowest BCUT2D eigenvalue weighted by Gasteiger charge is -2.28. The lowest BCUT2D eigenvalue weighted by Crippen LogP contribution is -2.41. The van der Waals surface area contributed by atoms with Crippen LogP contribution in [0.4, 0.5) is 18.9 Å². The Labute approximate surface area is 109 Å². The molecule has 0 unspecified atom stereocenters. The molecule has 0 aliphatic carbocycles. The third kappa shape index (κ3) is 4.15. The summed E-state index contributed by atoms with van der Waals surface area (Å²) in [7, 11) is 0. The van der Waals surface area contributed by atoms with Crippen LogP contribution in [0.2, 0.25) is 0 Å². The number of anilines is 1. The van der Waals surface area contributed by atoms with Gasteiger partial charge in [-0.1, -0.05) is 26.8 Å². The van der Waals surface area contributed by atoms with Gasteiger partial charge in [0.1, 0.15) is 6.04 Å². The quantitative estimate of drug-likeness (QED) is 0.885. The average molecular weight is 275 g/mol. The minimum absolute atomic E-state index is 0.136. The molecule has 0 aliphatic rings. The first-order valence-electron chi connectivity index (χ1n) is 5.68. The van der Waals surface area contributed by atoms with Gasteiger partial charge in [-0.25, -0.2) is 4.79 Å². The van der Waals surface area contributed by atoms with Gasteiger partial charge in [0.2, 0.25) is 0 Å². The zero-order valence-corrected chi connectivity index (χ0v) is 10.9. The van der Waals surface area contributed by atoms with Gasteiger partial charge in [-0.2, -0.15) is 13.2 Å². The summed E-state index contributed by atoms with van der Waals surface area (Å²) in [4.78, 5) is 11.1. The maximum Gasteiger partial charge on any atom is 0.416 e. The summed E-state index contributed by atoms with van der Waals surface area (Å²) in [6.07, 6.45) is -4.45. The van der Waals surface area contributed by atoms with Crippen molar-refractivity contribution in [3.63, 3.8) is 0 Å². The van der Waals surface area contributed by atoms with Crippen molar-refractivity contribution in [3.05, 3.63) is 29.8 Å². The summed E-state index contributed by atoms with van der Waals surface area (Å²) in [5.41, 5.74) is -1.30. The smallest absolute Gasteiger partial charge is 0.416 e. The van der Waals surface area contributed by atoms with E-state index in [9.17, 15) is 18.0 Å². The normalized spacial score (nSPS) is 14.0. The molecule has 1 aromatic rings. The summed E-state index contributed by atoms with van der Waals surface area (Å²) in [5.74, 6) is -1.11.